The zero-order valence-corrected chi connectivity index (χ0v) is 13.9. The van der Waals surface area contributed by atoms with Gasteiger partial charge in [-0.2, -0.15) is 0 Å². The third-order valence-electron chi connectivity index (χ3n) is 4.37. The first-order valence-corrected chi connectivity index (χ1v) is 8.25. The first kappa shape index (κ1) is 15.4. The zero-order chi connectivity index (χ0) is 17.2. The van der Waals surface area contributed by atoms with Gasteiger partial charge in [0.1, 0.15) is 5.82 Å². The molecule has 0 bridgehead atoms. The Morgan fingerprint density at radius 2 is 1.76 bits per heavy atom. The number of carbonyl (C=O) groups excluding carboxylic acids is 1. The highest BCUT2D eigenvalue weighted by Gasteiger charge is 2.35. The van der Waals surface area contributed by atoms with E-state index in [1.807, 2.05) is 41.3 Å². The highest BCUT2D eigenvalue weighted by atomic mass is 16.6. The predicted octanol–water partition coefficient (Wildman–Crippen LogP) is 4.27. The molecule has 0 radical (unpaired) electrons. The molecule has 124 valence electrons. The van der Waals surface area contributed by atoms with Gasteiger partial charge < -0.3 is 9.64 Å². The highest BCUT2D eigenvalue weighted by Crippen LogP contribution is 2.36. The van der Waals surface area contributed by atoms with Crippen LogP contribution < -0.4 is 4.90 Å². The molecule has 1 aliphatic rings. The van der Waals surface area contributed by atoms with Gasteiger partial charge in [-0.25, -0.2) is 9.78 Å². The van der Waals surface area contributed by atoms with Crippen molar-refractivity contribution in [2.24, 2.45) is 0 Å². The fourth-order valence-corrected chi connectivity index (χ4v) is 3.06. The fraction of sp³-hybridized carbons (Fsp3) is 0.143. The van der Waals surface area contributed by atoms with Crippen molar-refractivity contribution < 1.29 is 9.53 Å². The number of fused-ring (bicyclic) bond motifs is 1. The SMILES string of the molecule is Cc1ccc(CN(c2ccccn2)C2OC(=O)c3ccccc32)cc1. The van der Waals surface area contributed by atoms with Crippen molar-refractivity contribution in [2.45, 2.75) is 19.7 Å². The van der Waals surface area contributed by atoms with Gasteiger partial charge in [0.2, 0.25) is 6.23 Å². The number of aromatic nitrogens is 1. The molecule has 0 amide bonds. The van der Waals surface area contributed by atoms with E-state index in [1.165, 1.54) is 5.56 Å². The molecule has 2 heterocycles. The minimum Gasteiger partial charge on any atom is -0.433 e. The van der Waals surface area contributed by atoms with Crippen LogP contribution in [0.25, 0.3) is 0 Å². The van der Waals surface area contributed by atoms with Gasteiger partial charge in [0.25, 0.3) is 0 Å². The lowest BCUT2D eigenvalue weighted by Gasteiger charge is -2.29. The van der Waals surface area contributed by atoms with Gasteiger partial charge in [0.15, 0.2) is 0 Å². The van der Waals surface area contributed by atoms with Gasteiger partial charge in [-0.05, 0) is 30.7 Å². The number of carbonyl (C=O) groups is 1. The van der Waals surface area contributed by atoms with Crippen molar-refractivity contribution in [3.8, 4) is 0 Å². The summed E-state index contributed by atoms with van der Waals surface area (Å²) in [5.74, 6) is 0.489. The Morgan fingerprint density at radius 3 is 2.52 bits per heavy atom. The molecule has 4 rings (SSSR count). The van der Waals surface area contributed by atoms with Crippen LogP contribution in [0.3, 0.4) is 0 Å². The van der Waals surface area contributed by atoms with E-state index >= 15 is 0 Å². The molecule has 1 aromatic heterocycles. The monoisotopic (exact) mass is 330 g/mol. The van der Waals surface area contributed by atoms with E-state index in [1.54, 1.807) is 12.3 Å². The Hall–Kier alpha value is -3.14. The molecular weight excluding hydrogens is 312 g/mol. The van der Waals surface area contributed by atoms with Gasteiger partial charge in [-0.15, -0.1) is 0 Å². The Bertz CT molecular complexity index is 891. The number of benzene rings is 2. The van der Waals surface area contributed by atoms with Crippen molar-refractivity contribution >= 4 is 11.8 Å². The number of hydrogen-bond donors (Lipinski definition) is 0. The third-order valence-corrected chi connectivity index (χ3v) is 4.37. The summed E-state index contributed by atoms with van der Waals surface area (Å²) in [6, 6.07) is 21.6. The molecule has 1 aliphatic heterocycles. The Kier molecular flexibility index (Phi) is 3.94. The lowest BCUT2D eigenvalue weighted by Crippen LogP contribution is -2.29. The maximum Gasteiger partial charge on any atom is 0.340 e. The van der Waals surface area contributed by atoms with Crippen molar-refractivity contribution in [2.75, 3.05) is 4.90 Å². The summed E-state index contributed by atoms with van der Waals surface area (Å²) in [4.78, 5) is 18.7. The van der Waals surface area contributed by atoms with Gasteiger partial charge in [0.05, 0.1) is 5.56 Å². The van der Waals surface area contributed by atoms with Gasteiger partial charge in [-0.3, -0.25) is 0 Å². The summed E-state index contributed by atoms with van der Waals surface area (Å²) in [6.45, 7) is 2.67. The molecule has 1 unspecified atom stereocenters. The number of anilines is 1. The van der Waals surface area contributed by atoms with Crippen LogP contribution in [0.5, 0.6) is 0 Å². The Balaban J connectivity index is 1.74. The molecular formula is C21H18N2O2. The van der Waals surface area contributed by atoms with E-state index in [-0.39, 0.29) is 5.97 Å². The first-order chi connectivity index (χ1) is 12.2. The summed E-state index contributed by atoms with van der Waals surface area (Å²) >= 11 is 0. The summed E-state index contributed by atoms with van der Waals surface area (Å²) in [5, 5.41) is 0. The van der Waals surface area contributed by atoms with Crippen molar-refractivity contribution in [1.82, 2.24) is 4.98 Å². The van der Waals surface area contributed by atoms with Gasteiger partial charge in [-0.1, -0.05) is 54.1 Å². The molecule has 3 aromatic rings. The van der Waals surface area contributed by atoms with E-state index in [9.17, 15) is 4.79 Å². The Labute approximate surface area is 146 Å². The quantitative estimate of drug-likeness (QED) is 0.670. The number of esters is 1. The van der Waals surface area contributed by atoms with Crippen molar-refractivity contribution in [3.05, 3.63) is 95.2 Å². The lowest BCUT2D eigenvalue weighted by atomic mass is 10.1. The predicted molar refractivity (Wildman–Crippen MR) is 96.2 cm³/mol. The summed E-state index contributed by atoms with van der Waals surface area (Å²) in [5.41, 5.74) is 3.85. The lowest BCUT2D eigenvalue weighted by molar-refractivity contribution is 0.0373. The van der Waals surface area contributed by atoms with Crippen LogP contribution in [0.2, 0.25) is 0 Å². The molecule has 4 heteroatoms. The smallest absolute Gasteiger partial charge is 0.340 e. The van der Waals surface area contributed by atoms with E-state index in [2.05, 4.69) is 36.2 Å². The second-order valence-corrected chi connectivity index (χ2v) is 6.15. The van der Waals surface area contributed by atoms with E-state index in [4.69, 9.17) is 4.74 Å². The molecule has 4 nitrogen and oxygen atoms in total. The number of hydrogen-bond acceptors (Lipinski definition) is 4. The molecule has 0 N–H and O–H groups in total. The largest absolute Gasteiger partial charge is 0.433 e. The van der Waals surface area contributed by atoms with Crippen LogP contribution in [-0.2, 0) is 11.3 Å². The van der Waals surface area contributed by atoms with E-state index in [0.717, 1.165) is 16.9 Å². The van der Waals surface area contributed by atoms with Crippen LogP contribution in [0.1, 0.15) is 33.3 Å². The molecule has 2 aromatic carbocycles. The molecule has 0 saturated heterocycles. The average Bonchev–Trinajstić information content (AvgIpc) is 2.99. The summed E-state index contributed by atoms with van der Waals surface area (Å²) in [6.07, 6.45) is 1.28. The van der Waals surface area contributed by atoms with Crippen LogP contribution in [0.4, 0.5) is 5.82 Å². The maximum atomic E-state index is 12.2. The Morgan fingerprint density at radius 1 is 1.00 bits per heavy atom. The third kappa shape index (κ3) is 2.98. The first-order valence-electron chi connectivity index (χ1n) is 8.25. The van der Waals surface area contributed by atoms with Crippen LogP contribution in [0, 0.1) is 6.92 Å². The topological polar surface area (TPSA) is 42.4 Å². The minimum absolute atomic E-state index is 0.287. The second-order valence-electron chi connectivity index (χ2n) is 6.15. The van der Waals surface area contributed by atoms with Gasteiger partial charge in [0, 0.05) is 18.3 Å². The number of aryl methyl sites for hydroxylation is 1. The van der Waals surface area contributed by atoms with E-state index in [0.29, 0.717) is 12.1 Å². The molecule has 25 heavy (non-hydrogen) atoms. The van der Waals surface area contributed by atoms with E-state index < -0.39 is 6.23 Å². The highest BCUT2D eigenvalue weighted by molar-refractivity contribution is 5.94. The average molecular weight is 330 g/mol. The molecule has 1 atom stereocenters. The van der Waals surface area contributed by atoms with Crippen molar-refractivity contribution in [1.29, 1.82) is 0 Å². The second kappa shape index (κ2) is 6.40. The maximum absolute atomic E-state index is 12.2. The van der Waals surface area contributed by atoms with Gasteiger partial charge >= 0.3 is 5.97 Å². The summed E-state index contributed by atoms with van der Waals surface area (Å²) < 4.78 is 5.69. The number of ether oxygens (including phenoxy) is 1. The van der Waals surface area contributed by atoms with Crippen LogP contribution in [0.15, 0.2) is 72.9 Å². The number of pyridine rings is 1. The minimum atomic E-state index is -0.472. The normalized spacial score (nSPS) is 15.6. The number of rotatable bonds is 4. The van der Waals surface area contributed by atoms with Crippen molar-refractivity contribution in [3.63, 3.8) is 0 Å². The zero-order valence-electron chi connectivity index (χ0n) is 13.9. The molecule has 0 saturated carbocycles. The molecule has 0 aliphatic carbocycles. The standard InChI is InChI=1S/C21H18N2O2/c1-15-9-11-16(12-10-15)14-23(19-8-4-5-13-22-19)20-17-6-2-3-7-18(17)21(24)25-20/h2-13,20H,14H2,1H3. The molecule has 0 spiro atoms. The number of nitrogens with zero attached hydrogens (tertiary/aromatic N) is 2. The number of cyclic esters (lactones) is 1. The van der Waals surface area contributed by atoms with Crippen LogP contribution >= 0.6 is 0 Å². The van der Waals surface area contributed by atoms with Crippen LogP contribution in [-0.4, -0.2) is 11.0 Å². The fourth-order valence-electron chi connectivity index (χ4n) is 3.06. The molecule has 0 fully saturated rings. The summed E-state index contributed by atoms with van der Waals surface area (Å²) in [7, 11) is 0.